The van der Waals surface area contributed by atoms with E-state index < -0.39 is 30.9 Å². The number of allylic oxidation sites excluding steroid dienone is 1. The summed E-state index contributed by atoms with van der Waals surface area (Å²) in [5, 5.41) is 13.2. The molecular weight excluding hydrogens is 687 g/mol. The molecule has 0 spiro atoms. The van der Waals surface area contributed by atoms with Crippen molar-refractivity contribution in [2.45, 2.75) is 4.90 Å². The van der Waals surface area contributed by atoms with Crippen LogP contribution in [-0.4, -0.2) is 51.7 Å². The van der Waals surface area contributed by atoms with Crippen LogP contribution in [0.5, 0.6) is 11.5 Å². The normalized spacial score (nSPS) is 14.1. The highest BCUT2D eigenvalue weighted by molar-refractivity contribution is 7.95. The van der Waals surface area contributed by atoms with Gasteiger partial charge in [-0.05, 0) is 47.5 Å². The highest BCUT2D eigenvalue weighted by atomic mass is 32.2. The zero-order chi connectivity index (χ0) is 35.8. The van der Waals surface area contributed by atoms with Crippen molar-refractivity contribution in [1.29, 1.82) is 0 Å². The minimum absolute atomic E-state index is 0.0303. The predicted molar refractivity (Wildman–Crippen MR) is 189 cm³/mol. The van der Waals surface area contributed by atoms with E-state index in [1.54, 1.807) is 66.7 Å². The lowest BCUT2D eigenvalue weighted by molar-refractivity contribution is 0.106. The summed E-state index contributed by atoms with van der Waals surface area (Å²) in [6, 6.07) is 23.7. The van der Waals surface area contributed by atoms with Gasteiger partial charge in [0, 0.05) is 21.9 Å². The van der Waals surface area contributed by atoms with Gasteiger partial charge < -0.3 is 15.2 Å². The number of azo groups is 1. The molecule has 0 aliphatic heterocycles. The van der Waals surface area contributed by atoms with Crippen molar-refractivity contribution in [3.05, 3.63) is 108 Å². The molecule has 1 aliphatic rings. The summed E-state index contributed by atoms with van der Waals surface area (Å²) in [5.41, 5.74) is 11.2. The molecular formula is C34H27N5O9S2. The molecule has 5 aromatic carbocycles. The molecule has 50 heavy (non-hydrogen) atoms. The number of nitrogens with zero attached hydrogens (tertiary/aromatic N) is 3. The van der Waals surface area contributed by atoms with E-state index in [4.69, 9.17) is 15.2 Å². The number of methoxy groups -OCH3 is 2. The fourth-order valence-electron chi connectivity index (χ4n) is 5.38. The number of benzene rings is 5. The fourth-order valence-corrected chi connectivity index (χ4v) is 6.81. The molecule has 0 unspecified atom stereocenters. The van der Waals surface area contributed by atoms with Crippen molar-refractivity contribution in [1.82, 2.24) is 0 Å². The Kier molecular flexibility index (Phi) is 8.94. The first kappa shape index (κ1) is 33.9. The molecule has 1 aliphatic carbocycles. The van der Waals surface area contributed by atoms with Crippen molar-refractivity contribution in [2.75, 3.05) is 25.4 Å². The van der Waals surface area contributed by atoms with Crippen molar-refractivity contribution in [3.63, 3.8) is 0 Å². The molecule has 0 amide bonds. The molecule has 0 bridgehead atoms. The molecule has 0 aromatic heterocycles. The molecule has 14 nitrogen and oxygen atoms in total. The molecule has 5 aromatic rings. The van der Waals surface area contributed by atoms with Crippen LogP contribution >= 0.6 is 0 Å². The van der Waals surface area contributed by atoms with E-state index in [1.807, 2.05) is 0 Å². The molecule has 0 fully saturated rings. The third-order valence-electron chi connectivity index (χ3n) is 7.80. The number of nitrogens with one attached hydrogen (secondary N) is 1. The second-order valence-corrected chi connectivity index (χ2v) is 13.6. The number of ether oxygens (including phenoxy) is 2. The van der Waals surface area contributed by atoms with E-state index in [9.17, 15) is 30.7 Å². The average molecular weight is 714 g/mol. The Bertz CT molecular complexity index is 2530. The summed E-state index contributed by atoms with van der Waals surface area (Å²) in [6.45, 7) is 0. The lowest BCUT2D eigenvalue weighted by Crippen LogP contribution is -2.22. The number of carbonyl (C=O) groups excluding carboxylic acids is 1. The molecule has 0 saturated heterocycles. The topological polar surface area (TPSA) is 219 Å². The van der Waals surface area contributed by atoms with Gasteiger partial charge in [-0.25, -0.2) is 0 Å². The molecule has 254 valence electrons. The van der Waals surface area contributed by atoms with Gasteiger partial charge in [0.15, 0.2) is 0 Å². The number of hydrazone groups is 1. The zero-order valence-corrected chi connectivity index (χ0v) is 27.9. The number of nitrogen functional groups attached to an aromatic ring is 1. The minimum Gasteiger partial charge on any atom is -0.494 e. The maximum atomic E-state index is 13.1. The maximum absolute atomic E-state index is 13.1. The Balaban J connectivity index is 1.29. The summed E-state index contributed by atoms with van der Waals surface area (Å²) < 4.78 is 78.9. The highest BCUT2D eigenvalue weighted by Crippen LogP contribution is 2.40. The maximum Gasteiger partial charge on any atom is 0.295 e. The van der Waals surface area contributed by atoms with Crippen molar-refractivity contribution in [2.24, 2.45) is 15.3 Å². The Morgan fingerprint density at radius 3 is 1.96 bits per heavy atom. The number of Topliss-reactive ketones (excluding diaryl/α,β-unsaturated/α-hetero) is 1. The quantitative estimate of drug-likeness (QED) is 0.0547. The van der Waals surface area contributed by atoms with Crippen LogP contribution < -0.4 is 20.6 Å². The summed E-state index contributed by atoms with van der Waals surface area (Å²) in [5.74, 6) is 0.118. The zero-order valence-electron chi connectivity index (χ0n) is 26.2. The van der Waals surface area contributed by atoms with Gasteiger partial charge in [0.05, 0.1) is 25.6 Å². The first-order valence-corrected chi connectivity index (χ1v) is 17.4. The molecule has 0 heterocycles. The summed E-state index contributed by atoms with van der Waals surface area (Å²) in [7, 11) is -6.37. The van der Waals surface area contributed by atoms with Gasteiger partial charge in [-0.1, -0.05) is 60.7 Å². The van der Waals surface area contributed by atoms with Gasteiger partial charge in [0.25, 0.3) is 20.2 Å². The second kappa shape index (κ2) is 13.2. The van der Waals surface area contributed by atoms with Gasteiger partial charge in [0.2, 0.25) is 5.78 Å². The average Bonchev–Trinajstić information content (AvgIpc) is 3.10. The standard InChI is InChI=1S/C34H27N5O9S2/c1-47-29-15-19(11-13-25(29)36-38-27-17-31(49(41,42)43)21-7-3-5-9-23(21)33(27)35)20-12-14-26(30(16-20)48-2)37-39-28-18-32(50(44,45)46)22-8-4-6-10-24(22)34(28)40/h3-18,37H,35H2,1-2H3,(H,41,42,43)(H,44,45,46). The Morgan fingerprint density at radius 1 is 0.700 bits per heavy atom. The van der Waals surface area contributed by atoms with Crippen molar-refractivity contribution in [3.8, 4) is 22.6 Å². The van der Waals surface area contributed by atoms with Crippen LogP contribution in [0.4, 0.5) is 22.7 Å². The summed E-state index contributed by atoms with van der Waals surface area (Å²) >= 11 is 0. The number of nitrogens with two attached hydrogens (primary N) is 1. The van der Waals surface area contributed by atoms with Gasteiger partial charge in [-0.15, -0.1) is 10.2 Å². The molecule has 16 heteroatoms. The van der Waals surface area contributed by atoms with Crippen molar-refractivity contribution >= 4 is 70.2 Å². The third-order valence-corrected chi connectivity index (χ3v) is 9.58. The van der Waals surface area contributed by atoms with Crippen molar-refractivity contribution < 1.29 is 40.2 Å². The molecule has 6 rings (SSSR count). The van der Waals surface area contributed by atoms with Gasteiger partial charge in [-0.2, -0.15) is 21.9 Å². The van der Waals surface area contributed by atoms with Crippen LogP contribution in [0.2, 0.25) is 0 Å². The second-order valence-electron chi connectivity index (χ2n) is 10.8. The van der Waals surface area contributed by atoms with Gasteiger partial charge in [-0.3, -0.25) is 19.3 Å². The lowest BCUT2D eigenvalue weighted by atomic mass is 9.95. The monoisotopic (exact) mass is 713 g/mol. The highest BCUT2D eigenvalue weighted by Gasteiger charge is 2.30. The fraction of sp³-hybridized carbons (Fsp3) is 0.0588. The summed E-state index contributed by atoms with van der Waals surface area (Å²) in [4.78, 5) is 12.2. The Morgan fingerprint density at radius 2 is 1.30 bits per heavy atom. The largest absolute Gasteiger partial charge is 0.494 e. The molecule has 5 N–H and O–H groups in total. The van der Waals surface area contributed by atoms with E-state index in [-0.39, 0.29) is 38.5 Å². The first-order valence-electron chi connectivity index (χ1n) is 14.5. The van der Waals surface area contributed by atoms with E-state index in [2.05, 4.69) is 20.8 Å². The summed E-state index contributed by atoms with van der Waals surface area (Å²) in [6.07, 6.45) is 1.00. The van der Waals surface area contributed by atoms with E-state index in [0.717, 1.165) is 12.1 Å². The van der Waals surface area contributed by atoms with Crippen LogP contribution in [0.15, 0.2) is 117 Å². The SMILES string of the molecule is COc1cc(-c2ccc(NN=C3C=C(S(=O)(=O)O)c4ccccc4C3=O)c(OC)c2)ccc1N=Nc1cc(S(=O)(=O)O)c2ccccc2c1N. The van der Waals surface area contributed by atoms with E-state index in [0.29, 0.717) is 39.4 Å². The van der Waals surface area contributed by atoms with Crippen LogP contribution in [0.25, 0.3) is 26.8 Å². The van der Waals surface area contributed by atoms with Gasteiger partial charge in [0.1, 0.15) is 38.4 Å². The number of hydrogen-bond donors (Lipinski definition) is 4. The van der Waals surface area contributed by atoms with Crippen LogP contribution in [0.3, 0.4) is 0 Å². The number of rotatable bonds is 9. The molecule has 0 saturated carbocycles. The number of anilines is 2. The van der Waals surface area contributed by atoms with Crippen LogP contribution in [0.1, 0.15) is 15.9 Å². The van der Waals surface area contributed by atoms with E-state index >= 15 is 0 Å². The smallest absolute Gasteiger partial charge is 0.295 e. The number of hydrogen-bond acceptors (Lipinski definition) is 12. The Labute approximate surface area is 286 Å². The number of carbonyl (C=O) groups is 1. The number of fused-ring (bicyclic) bond motifs is 2. The minimum atomic E-state index is -4.66. The number of ketones is 1. The molecule has 0 radical (unpaired) electrons. The first-order chi connectivity index (χ1) is 23.8. The third kappa shape index (κ3) is 6.55. The van der Waals surface area contributed by atoms with Crippen LogP contribution in [0, 0.1) is 0 Å². The predicted octanol–water partition coefficient (Wildman–Crippen LogP) is 6.66. The van der Waals surface area contributed by atoms with E-state index in [1.165, 1.54) is 32.4 Å². The Hall–Kier alpha value is -5.94. The van der Waals surface area contributed by atoms with Crippen LogP contribution in [-0.2, 0) is 20.2 Å². The lowest BCUT2D eigenvalue weighted by Gasteiger charge is -2.16. The molecule has 0 atom stereocenters. The van der Waals surface area contributed by atoms with Gasteiger partial charge >= 0.3 is 0 Å².